The predicted molar refractivity (Wildman–Crippen MR) is 82.0 cm³/mol. The number of hydrogen-bond acceptors (Lipinski definition) is 3. The van der Waals surface area contributed by atoms with E-state index in [9.17, 15) is 4.79 Å². The first-order valence-corrected chi connectivity index (χ1v) is 6.99. The zero-order chi connectivity index (χ0) is 14.7. The van der Waals surface area contributed by atoms with Gasteiger partial charge in [0.2, 0.25) is 0 Å². The Morgan fingerprint density at radius 3 is 2.76 bits per heavy atom. The van der Waals surface area contributed by atoms with Crippen LogP contribution in [-0.2, 0) is 11.3 Å². The largest absolute Gasteiger partial charge is 0.320 e. The van der Waals surface area contributed by atoms with Crippen LogP contribution in [0.15, 0.2) is 53.9 Å². The van der Waals surface area contributed by atoms with Crippen molar-refractivity contribution < 1.29 is 4.79 Å². The van der Waals surface area contributed by atoms with E-state index in [1.807, 2.05) is 36.0 Å². The first-order valence-electron chi connectivity index (χ1n) is 6.99. The Bertz CT molecular complexity index is 667. The number of nitrogens with one attached hydrogen (secondary N) is 2. The van der Waals surface area contributed by atoms with Crippen molar-refractivity contribution in [1.29, 1.82) is 0 Å². The third-order valence-corrected chi connectivity index (χ3v) is 3.63. The average Bonchev–Trinajstić information content (AvgIpc) is 2.85. The van der Waals surface area contributed by atoms with Crippen LogP contribution in [0.4, 0.5) is 5.69 Å². The van der Waals surface area contributed by atoms with Gasteiger partial charge in [-0.3, -0.25) is 9.48 Å². The fourth-order valence-electron chi connectivity index (χ4n) is 2.19. The SMILES string of the molecule is CC(C(=O)Nc1cnn(Cc2ccccc2)c1)=C1CNC1. The maximum absolute atomic E-state index is 12.1. The summed E-state index contributed by atoms with van der Waals surface area (Å²) >= 11 is 0. The number of carbonyl (C=O) groups is 1. The Morgan fingerprint density at radius 2 is 2.10 bits per heavy atom. The van der Waals surface area contributed by atoms with Gasteiger partial charge in [0.05, 0.1) is 18.4 Å². The molecular formula is C16H18N4O. The summed E-state index contributed by atoms with van der Waals surface area (Å²) in [5, 5.41) is 10.3. The van der Waals surface area contributed by atoms with E-state index >= 15 is 0 Å². The second kappa shape index (κ2) is 5.93. The van der Waals surface area contributed by atoms with Crippen molar-refractivity contribution in [2.75, 3.05) is 18.4 Å². The van der Waals surface area contributed by atoms with Gasteiger partial charge >= 0.3 is 0 Å². The van der Waals surface area contributed by atoms with Gasteiger partial charge in [0, 0.05) is 24.9 Å². The van der Waals surface area contributed by atoms with Crippen LogP contribution in [0.2, 0.25) is 0 Å². The molecule has 3 rings (SSSR count). The van der Waals surface area contributed by atoms with Crippen LogP contribution in [0.1, 0.15) is 12.5 Å². The number of benzene rings is 1. The first-order chi connectivity index (χ1) is 10.2. The molecule has 1 aromatic heterocycles. The molecule has 0 atom stereocenters. The van der Waals surface area contributed by atoms with Crippen LogP contribution in [0.25, 0.3) is 0 Å². The fourth-order valence-corrected chi connectivity index (χ4v) is 2.19. The molecule has 1 saturated heterocycles. The molecule has 21 heavy (non-hydrogen) atoms. The summed E-state index contributed by atoms with van der Waals surface area (Å²) < 4.78 is 1.82. The van der Waals surface area contributed by atoms with Crippen molar-refractivity contribution in [2.45, 2.75) is 13.5 Å². The summed E-state index contributed by atoms with van der Waals surface area (Å²) in [6, 6.07) is 10.1. The van der Waals surface area contributed by atoms with Gasteiger partial charge in [-0.25, -0.2) is 0 Å². The molecule has 5 heteroatoms. The molecule has 2 heterocycles. The summed E-state index contributed by atoms with van der Waals surface area (Å²) in [5.74, 6) is -0.0502. The molecule has 1 aliphatic rings. The summed E-state index contributed by atoms with van der Waals surface area (Å²) in [7, 11) is 0. The molecule has 0 spiro atoms. The van der Waals surface area contributed by atoms with E-state index in [0.717, 1.165) is 24.4 Å². The molecular weight excluding hydrogens is 264 g/mol. The van der Waals surface area contributed by atoms with Gasteiger partial charge in [0.1, 0.15) is 0 Å². The number of amides is 1. The van der Waals surface area contributed by atoms with Crippen molar-refractivity contribution in [3.63, 3.8) is 0 Å². The summed E-state index contributed by atoms with van der Waals surface area (Å²) in [6.07, 6.45) is 3.53. The Kier molecular flexibility index (Phi) is 3.83. The minimum atomic E-state index is -0.0502. The molecule has 1 aromatic carbocycles. The summed E-state index contributed by atoms with van der Waals surface area (Å²) in [5.41, 5.74) is 3.87. The highest BCUT2D eigenvalue weighted by molar-refractivity contribution is 6.03. The molecule has 1 amide bonds. The quantitative estimate of drug-likeness (QED) is 0.841. The Hall–Kier alpha value is -2.40. The molecule has 0 saturated carbocycles. The number of aromatic nitrogens is 2. The minimum absolute atomic E-state index is 0.0502. The molecule has 0 bridgehead atoms. The third-order valence-electron chi connectivity index (χ3n) is 3.63. The van der Waals surface area contributed by atoms with E-state index in [2.05, 4.69) is 27.9 Å². The summed E-state index contributed by atoms with van der Waals surface area (Å²) in [4.78, 5) is 12.1. The van der Waals surface area contributed by atoms with Crippen molar-refractivity contribution in [1.82, 2.24) is 15.1 Å². The smallest absolute Gasteiger partial charge is 0.251 e. The van der Waals surface area contributed by atoms with E-state index in [1.54, 1.807) is 6.20 Å². The lowest BCUT2D eigenvalue weighted by Crippen LogP contribution is -2.36. The lowest BCUT2D eigenvalue weighted by molar-refractivity contribution is -0.112. The monoisotopic (exact) mass is 282 g/mol. The highest BCUT2D eigenvalue weighted by Gasteiger charge is 2.16. The van der Waals surface area contributed by atoms with Crippen molar-refractivity contribution in [2.24, 2.45) is 0 Å². The van der Waals surface area contributed by atoms with E-state index in [4.69, 9.17) is 0 Å². The van der Waals surface area contributed by atoms with E-state index in [1.165, 1.54) is 11.1 Å². The Balaban J connectivity index is 1.64. The Morgan fingerprint density at radius 1 is 1.33 bits per heavy atom. The zero-order valence-electron chi connectivity index (χ0n) is 12.0. The number of carbonyl (C=O) groups excluding carboxylic acids is 1. The van der Waals surface area contributed by atoms with E-state index < -0.39 is 0 Å². The molecule has 108 valence electrons. The standard InChI is InChI=1S/C16H18N4O/c1-12(14-7-17-8-14)16(21)19-15-9-18-20(11-15)10-13-5-3-2-4-6-13/h2-6,9,11,17H,7-8,10H2,1H3,(H,19,21). The molecule has 0 radical (unpaired) electrons. The van der Waals surface area contributed by atoms with Crippen LogP contribution in [0.3, 0.4) is 0 Å². The van der Waals surface area contributed by atoms with Gasteiger partial charge in [0.15, 0.2) is 0 Å². The molecule has 2 N–H and O–H groups in total. The number of rotatable bonds is 4. The van der Waals surface area contributed by atoms with Gasteiger partial charge in [-0.15, -0.1) is 0 Å². The van der Waals surface area contributed by atoms with E-state index in [0.29, 0.717) is 6.54 Å². The Labute approximate surface area is 123 Å². The zero-order valence-corrected chi connectivity index (χ0v) is 12.0. The van der Waals surface area contributed by atoms with E-state index in [-0.39, 0.29) is 5.91 Å². The van der Waals surface area contributed by atoms with Gasteiger partial charge in [-0.1, -0.05) is 30.3 Å². The number of anilines is 1. The highest BCUT2D eigenvalue weighted by Crippen LogP contribution is 2.13. The topological polar surface area (TPSA) is 59.0 Å². The number of nitrogens with zero attached hydrogens (tertiary/aromatic N) is 2. The van der Waals surface area contributed by atoms with Crippen LogP contribution in [-0.4, -0.2) is 28.8 Å². The normalized spacial score (nSPS) is 13.7. The van der Waals surface area contributed by atoms with Gasteiger partial charge < -0.3 is 10.6 Å². The van der Waals surface area contributed by atoms with Crippen molar-refractivity contribution in [3.8, 4) is 0 Å². The van der Waals surface area contributed by atoms with Gasteiger partial charge in [0.25, 0.3) is 5.91 Å². The van der Waals surface area contributed by atoms with Gasteiger partial charge in [-0.05, 0) is 18.1 Å². The lowest BCUT2D eigenvalue weighted by atomic mass is 10.0. The van der Waals surface area contributed by atoms with Crippen molar-refractivity contribution in [3.05, 3.63) is 59.4 Å². The van der Waals surface area contributed by atoms with Crippen LogP contribution in [0.5, 0.6) is 0 Å². The molecule has 5 nitrogen and oxygen atoms in total. The van der Waals surface area contributed by atoms with Crippen LogP contribution < -0.4 is 10.6 Å². The second-order valence-corrected chi connectivity index (χ2v) is 5.20. The number of hydrogen-bond donors (Lipinski definition) is 2. The van der Waals surface area contributed by atoms with Crippen LogP contribution >= 0.6 is 0 Å². The average molecular weight is 282 g/mol. The van der Waals surface area contributed by atoms with Gasteiger partial charge in [-0.2, -0.15) is 5.10 Å². The molecule has 2 aromatic rings. The third kappa shape index (κ3) is 3.20. The molecule has 1 fully saturated rings. The maximum atomic E-state index is 12.1. The molecule has 0 aliphatic carbocycles. The highest BCUT2D eigenvalue weighted by atomic mass is 16.1. The minimum Gasteiger partial charge on any atom is -0.320 e. The summed E-state index contributed by atoms with van der Waals surface area (Å²) in [6.45, 7) is 4.18. The lowest BCUT2D eigenvalue weighted by Gasteiger charge is -2.21. The molecule has 0 unspecified atom stereocenters. The molecule has 1 aliphatic heterocycles. The predicted octanol–water partition coefficient (Wildman–Crippen LogP) is 1.79. The van der Waals surface area contributed by atoms with Crippen molar-refractivity contribution >= 4 is 11.6 Å². The fraction of sp³-hybridized carbons (Fsp3) is 0.250. The maximum Gasteiger partial charge on any atom is 0.251 e. The second-order valence-electron chi connectivity index (χ2n) is 5.20. The first kappa shape index (κ1) is 13.6. The van der Waals surface area contributed by atoms with Crippen LogP contribution in [0, 0.1) is 0 Å².